The summed E-state index contributed by atoms with van der Waals surface area (Å²) in [6.07, 6.45) is 0.991. The quantitative estimate of drug-likeness (QED) is 0.756. The van der Waals surface area contributed by atoms with Gasteiger partial charge in [0.25, 0.3) is 0 Å². The van der Waals surface area contributed by atoms with Crippen molar-refractivity contribution in [3.8, 4) is 0 Å². The van der Waals surface area contributed by atoms with E-state index in [0.29, 0.717) is 12.6 Å². The van der Waals surface area contributed by atoms with Gasteiger partial charge < -0.3 is 10.6 Å². The van der Waals surface area contributed by atoms with Gasteiger partial charge in [-0.2, -0.15) is 0 Å². The van der Waals surface area contributed by atoms with Crippen molar-refractivity contribution < 1.29 is 4.79 Å². The van der Waals surface area contributed by atoms with Gasteiger partial charge in [-0.25, -0.2) is 0 Å². The summed E-state index contributed by atoms with van der Waals surface area (Å²) >= 11 is 3.43. The minimum atomic E-state index is 0.0557. The zero-order chi connectivity index (χ0) is 14.3. The van der Waals surface area contributed by atoms with Gasteiger partial charge in [0.15, 0.2) is 0 Å². The number of halogens is 1. The highest BCUT2D eigenvalue weighted by molar-refractivity contribution is 9.10. The van der Waals surface area contributed by atoms with Crippen molar-refractivity contribution in [2.75, 3.05) is 13.1 Å². The Morgan fingerprint density at radius 2 is 1.79 bits per heavy atom. The fourth-order valence-electron chi connectivity index (χ4n) is 1.75. The molecule has 0 radical (unpaired) electrons. The molecule has 1 aromatic carbocycles. The van der Waals surface area contributed by atoms with Crippen LogP contribution in [0.25, 0.3) is 0 Å². The lowest BCUT2D eigenvalue weighted by molar-refractivity contribution is -0.123. The molecule has 0 bridgehead atoms. The molecule has 0 aromatic heterocycles. The van der Waals surface area contributed by atoms with Crippen molar-refractivity contribution in [3.05, 3.63) is 34.3 Å². The predicted octanol–water partition coefficient (Wildman–Crippen LogP) is 2.74. The Labute approximate surface area is 124 Å². The predicted molar refractivity (Wildman–Crippen MR) is 83.2 cm³/mol. The molecule has 0 aliphatic heterocycles. The van der Waals surface area contributed by atoms with Crippen LogP contribution in [0.15, 0.2) is 28.7 Å². The first-order valence-electron chi connectivity index (χ1n) is 6.74. The highest BCUT2D eigenvalue weighted by Gasteiger charge is 2.06. The van der Waals surface area contributed by atoms with Crippen LogP contribution in [0.4, 0.5) is 0 Å². The number of hydrogen-bond donors (Lipinski definition) is 2. The molecule has 2 N–H and O–H groups in total. The van der Waals surface area contributed by atoms with Gasteiger partial charge >= 0.3 is 0 Å². The van der Waals surface area contributed by atoms with Gasteiger partial charge in [0, 0.05) is 29.5 Å². The van der Waals surface area contributed by atoms with E-state index < -0.39 is 0 Å². The zero-order valence-electron chi connectivity index (χ0n) is 11.9. The number of benzene rings is 1. The summed E-state index contributed by atoms with van der Waals surface area (Å²) in [5, 5.41) is 6.31. The van der Waals surface area contributed by atoms with Crippen molar-refractivity contribution in [2.24, 2.45) is 5.92 Å². The van der Waals surface area contributed by atoms with Gasteiger partial charge in [-0.3, -0.25) is 4.79 Å². The monoisotopic (exact) mass is 326 g/mol. The Morgan fingerprint density at radius 1 is 1.16 bits per heavy atom. The van der Waals surface area contributed by atoms with Crippen LogP contribution < -0.4 is 10.6 Å². The van der Waals surface area contributed by atoms with E-state index in [1.165, 1.54) is 5.56 Å². The van der Waals surface area contributed by atoms with Crippen molar-refractivity contribution >= 4 is 21.8 Å². The van der Waals surface area contributed by atoms with E-state index in [4.69, 9.17) is 0 Å². The summed E-state index contributed by atoms with van der Waals surface area (Å²) in [5.41, 5.74) is 1.31. The van der Waals surface area contributed by atoms with E-state index in [1.54, 1.807) is 0 Å². The lowest BCUT2D eigenvalue weighted by Gasteiger charge is -2.15. The molecule has 1 rings (SSSR count). The summed E-state index contributed by atoms with van der Waals surface area (Å²) in [6.45, 7) is 7.45. The maximum atomic E-state index is 11.4. The van der Waals surface area contributed by atoms with Gasteiger partial charge in [0.2, 0.25) is 5.91 Å². The van der Waals surface area contributed by atoms with E-state index in [-0.39, 0.29) is 11.8 Å². The molecule has 0 saturated carbocycles. The van der Waals surface area contributed by atoms with Gasteiger partial charge in [0.1, 0.15) is 0 Å². The number of hydrogen-bond acceptors (Lipinski definition) is 2. The minimum Gasteiger partial charge on any atom is -0.355 e. The average Bonchev–Trinajstić information content (AvgIpc) is 2.37. The molecule has 0 fully saturated rings. The summed E-state index contributed by atoms with van der Waals surface area (Å²) in [4.78, 5) is 11.4. The molecule has 1 unspecified atom stereocenters. The number of carbonyl (C=O) groups excluding carboxylic acids is 1. The van der Waals surface area contributed by atoms with Crippen molar-refractivity contribution in [2.45, 2.75) is 33.2 Å². The smallest absolute Gasteiger partial charge is 0.222 e. The van der Waals surface area contributed by atoms with E-state index in [9.17, 15) is 4.79 Å². The van der Waals surface area contributed by atoms with Crippen molar-refractivity contribution in [3.63, 3.8) is 0 Å². The van der Waals surface area contributed by atoms with E-state index in [2.05, 4.69) is 57.8 Å². The fraction of sp³-hybridized carbons (Fsp3) is 0.533. The van der Waals surface area contributed by atoms with Crippen LogP contribution in [0.1, 0.15) is 26.3 Å². The van der Waals surface area contributed by atoms with Crippen LogP contribution in [-0.2, 0) is 11.2 Å². The van der Waals surface area contributed by atoms with E-state index in [0.717, 1.165) is 17.4 Å². The third kappa shape index (κ3) is 6.73. The molecule has 3 nitrogen and oxygen atoms in total. The molecule has 4 heteroatoms. The molecule has 0 aliphatic carbocycles. The van der Waals surface area contributed by atoms with Gasteiger partial charge in [-0.05, 0) is 31.0 Å². The second kappa shape index (κ2) is 8.33. The van der Waals surface area contributed by atoms with Crippen LogP contribution in [0.3, 0.4) is 0 Å². The molecule has 106 valence electrons. The van der Waals surface area contributed by atoms with Gasteiger partial charge in [0.05, 0.1) is 0 Å². The normalized spacial score (nSPS) is 12.5. The first-order valence-corrected chi connectivity index (χ1v) is 7.54. The second-order valence-corrected chi connectivity index (χ2v) is 6.05. The molecular weight excluding hydrogens is 304 g/mol. The second-order valence-electron chi connectivity index (χ2n) is 5.13. The average molecular weight is 327 g/mol. The Bertz CT molecular complexity index is 390. The van der Waals surface area contributed by atoms with Crippen LogP contribution in [0.5, 0.6) is 0 Å². The summed E-state index contributed by atoms with van der Waals surface area (Å²) in [5.74, 6) is 0.169. The maximum absolute atomic E-state index is 11.4. The standard InChI is InChI=1S/C15H23BrN2O/c1-11(2)15(19)18-9-8-17-12(3)10-13-4-6-14(16)7-5-13/h4-7,11-12,17H,8-10H2,1-3H3,(H,18,19). The Morgan fingerprint density at radius 3 is 2.37 bits per heavy atom. The van der Waals surface area contributed by atoms with E-state index in [1.807, 2.05) is 13.8 Å². The van der Waals surface area contributed by atoms with Crippen molar-refractivity contribution in [1.82, 2.24) is 10.6 Å². The molecule has 0 spiro atoms. The number of rotatable bonds is 7. The van der Waals surface area contributed by atoms with Gasteiger partial charge in [-0.1, -0.05) is 41.9 Å². The summed E-state index contributed by atoms with van der Waals surface area (Å²) in [6, 6.07) is 8.78. The molecule has 1 amide bonds. The molecular formula is C15H23BrN2O. The maximum Gasteiger partial charge on any atom is 0.222 e. The summed E-state index contributed by atoms with van der Waals surface area (Å²) < 4.78 is 1.10. The highest BCUT2D eigenvalue weighted by atomic mass is 79.9. The Hall–Kier alpha value is -0.870. The largest absolute Gasteiger partial charge is 0.355 e. The van der Waals surface area contributed by atoms with Crippen LogP contribution in [0, 0.1) is 5.92 Å². The molecule has 19 heavy (non-hydrogen) atoms. The third-order valence-electron chi connectivity index (χ3n) is 2.90. The first kappa shape index (κ1) is 16.2. The molecule has 1 aromatic rings. The topological polar surface area (TPSA) is 41.1 Å². The first-order chi connectivity index (χ1) is 8.99. The molecule has 0 saturated heterocycles. The highest BCUT2D eigenvalue weighted by Crippen LogP contribution is 2.11. The lowest BCUT2D eigenvalue weighted by Crippen LogP contribution is -2.37. The summed E-state index contributed by atoms with van der Waals surface area (Å²) in [7, 11) is 0. The lowest BCUT2D eigenvalue weighted by atomic mass is 10.1. The SMILES string of the molecule is CC(Cc1ccc(Br)cc1)NCCNC(=O)C(C)C. The molecule has 0 aliphatic rings. The number of nitrogens with one attached hydrogen (secondary N) is 2. The van der Waals surface area contributed by atoms with Crippen LogP contribution in [0.2, 0.25) is 0 Å². The van der Waals surface area contributed by atoms with E-state index >= 15 is 0 Å². The number of carbonyl (C=O) groups is 1. The zero-order valence-corrected chi connectivity index (χ0v) is 13.5. The Balaban J connectivity index is 2.19. The Kier molecular flexibility index (Phi) is 7.10. The van der Waals surface area contributed by atoms with Crippen LogP contribution >= 0.6 is 15.9 Å². The molecule has 1 atom stereocenters. The number of amides is 1. The third-order valence-corrected chi connectivity index (χ3v) is 3.43. The van der Waals surface area contributed by atoms with Crippen molar-refractivity contribution in [1.29, 1.82) is 0 Å². The molecule has 0 heterocycles. The van der Waals surface area contributed by atoms with Crippen LogP contribution in [-0.4, -0.2) is 25.0 Å². The fourth-order valence-corrected chi connectivity index (χ4v) is 2.02. The van der Waals surface area contributed by atoms with Gasteiger partial charge in [-0.15, -0.1) is 0 Å². The minimum absolute atomic E-state index is 0.0557.